The number of piperidine rings is 2. The number of likely N-dealkylation sites (tertiary alicyclic amines) is 1. The molecule has 104 valence electrons. The molecule has 2 fully saturated rings. The van der Waals surface area contributed by atoms with Crippen LogP contribution in [0.15, 0.2) is 12.4 Å². The van der Waals surface area contributed by atoms with Crippen molar-refractivity contribution in [3.63, 3.8) is 0 Å². The average molecular weight is 260 g/mol. The Balaban J connectivity index is 1.54. The molecule has 0 bridgehead atoms. The van der Waals surface area contributed by atoms with Crippen LogP contribution in [0, 0.1) is 12.3 Å². The zero-order valence-corrected chi connectivity index (χ0v) is 11.9. The van der Waals surface area contributed by atoms with Crippen molar-refractivity contribution < 1.29 is 0 Å². The van der Waals surface area contributed by atoms with Crippen LogP contribution in [-0.4, -0.2) is 41.0 Å². The van der Waals surface area contributed by atoms with E-state index in [1.807, 2.05) is 19.3 Å². The van der Waals surface area contributed by atoms with Gasteiger partial charge in [0.05, 0.1) is 0 Å². The normalized spacial score (nSPS) is 23.6. The molecule has 19 heavy (non-hydrogen) atoms. The van der Waals surface area contributed by atoms with Crippen LogP contribution in [0.2, 0.25) is 0 Å². The van der Waals surface area contributed by atoms with Crippen LogP contribution >= 0.6 is 0 Å². The maximum Gasteiger partial charge on any atom is 0.125 e. The molecule has 0 amide bonds. The van der Waals surface area contributed by atoms with E-state index in [-0.39, 0.29) is 0 Å². The number of nitrogens with one attached hydrogen (secondary N) is 1. The quantitative estimate of drug-likeness (QED) is 0.879. The van der Waals surface area contributed by atoms with Crippen LogP contribution in [-0.2, 0) is 6.54 Å². The maximum atomic E-state index is 4.28. The minimum Gasteiger partial charge on any atom is -0.317 e. The fourth-order valence-corrected chi connectivity index (χ4v) is 3.40. The summed E-state index contributed by atoms with van der Waals surface area (Å²) in [6, 6.07) is 0. The summed E-state index contributed by atoms with van der Waals surface area (Å²) in [7, 11) is 0. The second-order valence-corrected chi connectivity index (χ2v) is 6.16. The molecule has 2 aliphatic heterocycles. The number of aromatic nitrogens is 2. The number of nitrogens with zero attached hydrogens (tertiary/aromatic N) is 3. The zero-order chi connectivity index (χ0) is 13.1. The molecule has 2 saturated heterocycles. The van der Waals surface area contributed by atoms with Gasteiger partial charge in [-0.15, -0.1) is 0 Å². The van der Waals surface area contributed by atoms with Gasteiger partial charge in [0, 0.05) is 24.5 Å². The van der Waals surface area contributed by atoms with Crippen molar-refractivity contribution in [2.45, 2.75) is 39.2 Å². The first kappa shape index (κ1) is 13.0. The van der Waals surface area contributed by atoms with Gasteiger partial charge in [0.1, 0.15) is 5.82 Å². The molecule has 0 atom stereocenters. The fraction of sp³-hybridized carbons (Fsp3) is 0.733. The third-order valence-electron chi connectivity index (χ3n) is 4.82. The predicted molar refractivity (Wildman–Crippen MR) is 75.8 cm³/mol. The largest absolute Gasteiger partial charge is 0.317 e. The molecular formula is C15H24N4. The SMILES string of the molecule is Cc1ncc(CN2CCC3(CCNCC3)CC2)cn1. The molecule has 4 heteroatoms. The van der Waals surface area contributed by atoms with Crippen molar-refractivity contribution in [2.24, 2.45) is 5.41 Å². The lowest BCUT2D eigenvalue weighted by Crippen LogP contribution is -2.45. The van der Waals surface area contributed by atoms with Crippen molar-refractivity contribution in [3.8, 4) is 0 Å². The van der Waals surface area contributed by atoms with Gasteiger partial charge < -0.3 is 5.32 Å². The Bertz CT molecular complexity index is 399. The number of rotatable bonds is 2. The Morgan fingerprint density at radius 3 is 2.37 bits per heavy atom. The van der Waals surface area contributed by atoms with Crippen molar-refractivity contribution in [1.29, 1.82) is 0 Å². The first-order chi connectivity index (χ1) is 9.26. The summed E-state index contributed by atoms with van der Waals surface area (Å²) >= 11 is 0. The van der Waals surface area contributed by atoms with Crippen LogP contribution in [0.3, 0.4) is 0 Å². The van der Waals surface area contributed by atoms with Crippen LogP contribution < -0.4 is 5.32 Å². The van der Waals surface area contributed by atoms with Crippen molar-refractivity contribution in [2.75, 3.05) is 26.2 Å². The number of aryl methyl sites for hydroxylation is 1. The monoisotopic (exact) mass is 260 g/mol. The highest BCUT2D eigenvalue weighted by Crippen LogP contribution is 2.39. The topological polar surface area (TPSA) is 41.1 Å². The van der Waals surface area contributed by atoms with Gasteiger partial charge in [-0.05, 0) is 64.2 Å². The Kier molecular flexibility index (Phi) is 3.80. The molecule has 1 N–H and O–H groups in total. The number of hydrogen-bond donors (Lipinski definition) is 1. The molecule has 1 aromatic heterocycles. The summed E-state index contributed by atoms with van der Waals surface area (Å²) in [5.41, 5.74) is 1.89. The maximum absolute atomic E-state index is 4.28. The van der Waals surface area contributed by atoms with Crippen LogP contribution in [0.4, 0.5) is 0 Å². The molecule has 0 saturated carbocycles. The molecule has 3 heterocycles. The third-order valence-corrected chi connectivity index (χ3v) is 4.82. The van der Waals surface area contributed by atoms with Gasteiger partial charge in [0.2, 0.25) is 0 Å². The Labute approximate surface area is 115 Å². The smallest absolute Gasteiger partial charge is 0.125 e. The predicted octanol–water partition coefficient (Wildman–Crippen LogP) is 1.75. The zero-order valence-electron chi connectivity index (χ0n) is 11.9. The molecule has 4 nitrogen and oxygen atoms in total. The first-order valence-electron chi connectivity index (χ1n) is 7.46. The lowest BCUT2D eigenvalue weighted by Gasteiger charge is -2.44. The average Bonchev–Trinajstić information content (AvgIpc) is 2.45. The van der Waals surface area contributed by atoms with E-state index in [0.29, 0.717) is 5.41 Å². The van der Waals surface area contributed by atoms with Gasteiger partial charge in [0.25, 0.3) is 0 Å². The first-order valence-corrected chi connectivity index (χ1v) is 7.46. The van der Waals surface area contributed by atoms with Crippen LogP contribution in [0.1, 0.15) is 37.1 Å². The van der Waals surface area contributed by atoms with E-state index in [2.05, 4.69) is 20.2 Å². The van der Waals surface area contributed by atoms with Gasteiger partial charge in [-0.25, -0.2) is 9.97 Å². The Morgan fingerprint density at radius 1 is 1.11 bits per heavy atom. The lowest BCUT2D eigenvalue weighted by molar-refractivity contribution is 0.0700. The van der Waals surface area contributed by atoms with Crippen molar-refractivity contribution in [3.05, 3.63) is 23.8 Å². The fourth-order valence-electron chi connectivity index (χ4n) is 3.40. The van der Waals surface area contributed by atoms with Gasteiger partial charge in [-0.1, -0.05) is 0 Å². The highest BCUT2D eigenvalue weighted by molar-refractivity contribution is 5.05. The van der Waals surface area contributed by atoms with Gasteiger partial charge in [-0.3, -0.25) is 4.90 Å². The Hall–Kier alpha value is -1.00. The molecule has 0 unspecified atom stereocenters. The molecule has 0 aliphatic carbocycles. The van der Waals surface area contributed by atoms with Crippen molar-refractivity contribution in [1.82, 2.24) is 20.2 Å². The highest BCUT2D eigenvalue weighted by Gasteiger charge is 2.35. The molecule has 2 aliphatic rings. The summed E-state index contributed by atoms with van der Waals surface area (Å²) in [5.74, 6) is 0.857. The second-order valence-electron chi connectivity index (χ2n) is 6.16. The molecule has 1 spiro atoms. The summed E-state index contributed by atoms with van der Waals surface area (Å²) in [6.07, 6.45) is 9.40. The van der Waals surface area contributed by atoms with Crippen molar-refractivity contribution >= 4 is 0 Å². The highest BCUT2D eigenvalue weighted by atomic mass is 15.1. The van der Waals surface area contributed by atoms with E-state index in [9.17, 15) is 0 Å². The van der Waals surface area contributed by atoms with Gasteiger partial charge >= 0.3 is 0 Å². The van der Waals surface area contributed by atoms with Crippen LogP contribution in [0.5, 0.6) is 0 Å². The number of hydrogen-bond acceptors (Lipinski definition) is 4. The van der Waals surface area contributed by atoms with E-state index in [4.69, 9.17) is 0 Å². The third kappa shape index (κ3) is 3.12. The van der Waals surface area contributed by atoms with Gasteiger partial charge in [0.15, 0.2) is 0 Å². The van der Waals surface area contributed by atoms with E-state index in [1.165, 1.54) is 57.4 Å². The Morgan fingerprint density at radius 2 is 1.74 bits per heavy atom. The minimum atomic E-state index is 0.644. The standard InChI is InChI=1S/C15H24N4/c1-13-17-10-14(11-18-13)12-19-8-4-15(5-9-19)2-6-16-7-3-15/h10-11,16H,2-9,12H2,1H3. The molecule has 0 radical (unpaired) electrons. The summed E-state index contributed by atoms with van der Waals surface area (Å²) in [4.78, 5) is 11.1. The minimum absolute atomic E-state index is 0.644. The lowest BCUT2D eigenvalue weighted by atomic mass is 9.71. The molecule has 3 rings (SSSR count). The molecule has 0 aromatic carbocycles. The van der Waals surface area contributed by atoms with E-state index >= 15 is 0 Å². The van der Waals surface area contributed by atoms with E-state index in [0.717, 1.165) is 12.4 Å². The summed E-state index contributed by atoms with van der Waals surface area (Å²) < 4.78 is 0. The van der Waals surface area contributed by atoms with Crippen LogP contribution in [0.25, 0.3) is 0 Å². The van der Waals surface area contributed by atoms with E-state index in [1.54, 1.807) is 0 Å². The molecule has 1 aromatic rings. The summed E-state index contributed by atoms with van der Waals surface area (Å²) in [6.45, 7) is 7.83. The summed E-state index contributed by atoms with van der Waals surface area (Å²) in [5, 5.41) is 3.48. The second kappa shape index (κ2) is 5.55. The molecular weight excluding hydrogens is 236 g/mol. The van der Waals surface area contributed by atoms with Gasteiger partial charge in [-0.2, -0.15) is 0 Å². The van der Waals surface area contributed by atoms with E-state index < -0.39 is 0 Å².